The molecule has 0 amide bonds. The van der Waals surface area contributed by atoms with Crippen LogP contribution in [0.2, 0.25) is 0 Å². The van der Waals surface area contributed by atoms with Crippen molar-refractivity contribution in [1.29, 1.82) is 5.26 Å². The predicted molar refractivity (Wildman–Crippen MR) is 107 cm³/mol. The minimum atomic E-state index is -0.650. The van der Waals surface area contributed by atoms with Crippen LogP contribution in [0.4, 0.5) is 5.00 Å². The Morgan fingerprint density at radius 1 is 1.21 bits per heavy atom. The van der Waals surface area contributed by atoms with E-state index in [2.05, 4.69) is 0 Å². The van der Waals surface area contributed by atoms with E-state index in [-0.39, 0.29) is 45.9 Å². The largest absolute Gasteiger partial charge is 0.493 e. The first-order chi connectivity index (χ1) is 13.8. The van der Waals surface area contributed by atoms with Gasteiger partial charge in [-0.15, -0.1) is 11.3 Å². The fourth-order valence-corrected chi connectivity index (χ4v) is 3.39. The number of esters is 2. The summed E-state index contributed by atoms with van der Waals surface area (Å²) in [6.07, 6.45) is -0.0588. The molecule has 1 heterocycles. The number of nitrogens with zero attached hydrogens (tertiary/aromatic N) is 1. The third-order valence-electron chi connectivity index (χ3n) is 3.72. The van der Waals surface area contributed by atoms with Crippen LogP contribution in [0.25, 0.3) is 0 Å². The number of methoxy groups -OCH3 is 1. The van der Waals surface area contributed by atoms with Crippen molar-refractivity contribution in [1.82, 2.24) is 0 Å². The van der Waals surface area contributed by atoms with Crippen molar-refractivity contribution < 1.29 is 28.5 Å². The highest BCUT2D eigenvalue weighted by molar-refractivity contribution is 7.18. The van der Waals surface area contributed by atoms with Gasteiger partial charge in [0.25, 0.3) is 0 Å². The molecule has 0 spiro atoms. The van der Waals surface area contributed by atoms with Crippen molar-refractivity contribution in [2.24, 2.45) is 0 Å². The van der Waals surface area contributed by atoms with Gasteiger partial charge < -0.3 is 24.7 Å². The molecule has 0 radical (unpaired) electrons. The van der Waals surface area contributed by atoms with Crippen LogP contribution in [0.3, 0.4) is 0 Å². The third-order valence-corrected chi connectivity index (χ3v) is 4.76. The Morgan fingerprint density at radius 2 is 1.93 bits per heavy atom. The van der Waals surface area contributed by atoms with Gasteiger partial charge in [-0.3, -0.25) is 0 Å². The van der Waals surface area contributed by atoms with E-state index in [1.54, 1.807) is 19.1 Å². The zero-order chi connectivity index (χ0) is 21.6. The van der Waals surface area contributed by atoms with Crippen LogP contribution in [0.1, 0.15) is 51.9 Å². The first-order valence-electron chi connectivity index (χ1n) is 8.82. The molecule has 0 bridgehead atoms. The van der Waals surface area contributed by atoms with Crippen LogP contribution in [0.5, 0.6) is 11.5 Å². The topological polar surface area (TPSA) is 121 Å². The number of benzene rings is 1. The molecule has 1 aromatic carbocycles. The first kappa shape index (κ1) is 22.0. The van der Waals surface area contributed by atoms with Crippen LogP contribution in [-0.2, 0) is 16.1 Å². The Kier molecular flexibility index (Phi) is 7.45. The van der Waals surface area contributed by atoms with Gasteiger partial charge in [-0.1, -0.05) is 0 Å². The van der Waals surface area contributed by atoms with Gasteiger partial charge in [-0.05, 0) is 39.0 Å². The number of nitrogen functional groups attached to an aromatic ring is 1. The van der Waals surface area contributed by atoms with Gasteiger partial charge in [-0.25, -0.2) is 9.59 Å². The van der Waals surface area contributed by atoms with E-state index in [1.807, 2.05) is 19.9 Å². The van der Waals surface area contributed by atoms with E-state index in [9.17, 15) is 14.9 Å². The number of anilines is 1. The molecule has 9 heteroatoms. The standard InChI is InChI=1S/C20H22N2O6S/c1-5-26-20(24)17-14(13(9-21)18(22)29-17)10-27-19(23)12-6-7-15(28-11(2)3)16(8-12)25-4/h6-8,11H,5,10,22H2,1-4H3. The molecule has 0 saturated heterocycles. The summed E-state index contributed by atoms with van der Waals surface area (Å²) in [6.45, 7) is 5.29. The van der Waals surface area contributed by atoms with Gasteiger partial charge in [0, 0.05) is 5.56 Å². The summed E-state index contributed by atoms with van der Waals surface area (Å²) < 4.78 is 21.2. The molecule has 0 aliphatic rings. The lowest BCUT2D eigenvalue weighted by molar-refractivity contribution is 0.0452. The summed E-state index contributed by atoms with van der Waals surface area (Å²) in [5.41, 5.74) is 6.38. The maximum Gasteiger partial charge on any atom is 0.348 e. The third kappa shape index (κ3) is 5.18. The Labute approximate surface area is 172 Å². The molecule has 0 unspecified atom stereocenters. The lowest BCUT2D eigenvalue weighted by Gasteiger charge is -2.14. The first-order valence-corrected chi connectivity index (χ1v) is 9.64. The molecule has 0 atom stereocenters. The molecule has 2 N–H and O–H groups in total. The fourth-order valence-electron chi connectivity index (χ4n) is 2.47. The van der Waals surface area contributed by atoms with Gasteiger partial charge in [0.2, 0.25) is 0 Å². The molecule has 0 aliphatic heterocycles. The van der Waals surface area contributed by atoms with E-state index in [0.717, 1.165) is 11.3 Å². The Balaban J connectivity index is 2.23. The number of hydrogen-bond acceptors (Lipinski definition) is 9. The van der Waals surface area contributed by atoms with E-state index >= 15 is 0 Å². The maximum atomic E-state index is 12.5. The van der Waals surface area contributed by atoms with Gasteiger partial charge in [0.05, 0.1) is 30.9 Å². The minimum absolute atomic E-state index is 0.0588. The quantitative estimate of drug-likeness (QED) is 0.646. The zero-order valence-corrected chi connectivity index (χ0v) is 17.4. The lowest BCUT2D eigenvalue weighted by atomic mass is 10.1. The summed E-state index contributed by atoms with van der Waals surface area (Å²) in [7, 11) is 1.47. The Morgan fingerprint density at radius 3 is 2.52 bits per heavy atom. The second-order valence-electron chi connectivity index (χ2n) is 6.09. The van der Waals surface area contributed by atoms with Crippen LogP contribution >= 0.6 is 11.3 Å². The molecular weight excluding hydrogens is 396 g/mol. The summed E-state index contributed by atoms with van der Waals surface area (Å²) in [4.78, 5) is 24.8. The molecule has 0 saturated carbocycles. The van der Waals surface area contributed by atoms with Crippen LogP contribution < -0.4 is 15.2 Å². The van der Waals surface area contributed by atoms with Gasteiger partial charge >= 0.3 is 11.9 Å². The summed E-state index contributed by atoms with van der Waals surface area (Å²) in [6, 6.07) is 6.60. The fraction of sp³-hybridized carbons (Fsp3) is 0.350. The monoisotopic (exact) mass is 418 g/mol. The maximum absolute atomic E-state index is 12.5. The molecule has 29 heavy (non-hydrogen) atoms. The molecule has 0 fully saturated rings. The number of rotatable bonds is 8. The summed E-state index contributed by atoms with van der Waals surface area (Å²) in [5, 5.41) is 9.50. The smallest absolute Gasteiger partial charge is 0.348 e. The van der Waals surface area contributed by atoms with Crippen LogP contribution in [0.15, 0.2) is 18.2 Å². The van der Waals surface area contributed by atoms with E-state index < -0.39 is 11.9 Å². The average molecular weight is 418 g/mol. The second kappa shape index (κ2) is 9.80. The predicted octanol–water partition coefficient (Wildman–Crippen LogP) is 3.53. The Hall–Kier alpha value is -3.25. The molecule has 154 valence electrons. The second-order valence-corrected chi connectivity index (χ2v) is 7.14. The molecule has 2 aromatic rings. The highest BCUT2D eigenvalue weighted by Crippen LogP contribution is 2.33. The summed E-state index contributed by atoms with van der Waals surface area (Å²) in [5.74, 6) is -0.379. The number of nitrogens with two attached hydrogens (primary N) is 1. The molecule has 8 nitrogen and oxygen atoms in total. The summed E-state index contributed by atoms with van der Waals surface area (Å²) >= 11 is 0.928. The number of ether oxygens (including phenoxy) is 4. The molecular formula is C20H22N2O6S. The van der Waals surface area contributed by atoms with Gasteiger partial charge in [-0.2, -0.15) is 5.26 Å². The average Bonchev–Trinajstić information content (AvgIpc) is 3.01. The number of carbonyl (C=O) groups excluding carboxylic acids is 2. The van der Waals surface area contributed by atoms with E-state index in [1.165, 1.54) is 13.2 Å². The molecule has 0 aliphatic carbocycles. The van der Waals surface area contributed by atoms with Gasteiger partial charge in [0.1, 0.15) is 22.6 Å². The van der Waals surface area contributed by atoms with Crippen molar-refractivity contribution in [3.8, 4) is 17.6 Å². The highest BCUT2D eigenvalue weighted by atomic mass is 32.1. The SMILES string of the molecule is CCOC(=O)c1sc(N)c(C#N)c1COC(=O)c1ccc(OC(C)C)c(OC)c1. The lowest BCUT2D eigenvalue weighted by Crippen LogP contribution is -2.11. The number of hydrogen-bond donors (Lipinski definition) is 1. The number of nitriles is 1. The van der Waals surface area contributed by atoms with E-state index in [4.69, 9.17) is 24.7 Å². The van der Waals surface area contributed by atoms with Crippen molar-refractivity contribution in [2.45, 2.75) is 33.5 Å². The minimum Gasteiger partial charge on any atom is -0.493 e. The van der Waals surface area contributed by atoms with Crippen LogP contribution in [0, 0.1) is 11.3 Å². The van der Waals surface area contributed by atoms with Crippen molar-refractivity contribution in [2.75, 3.05) is 19.5 Å². The highest BCUT2D eigenvalue weighted by Gasteiger charge is 2.24. The zero-order valence-electron chi connectivity index (χ0n) is 16.6. The van der Waals surface area contributed by atoms with Crippen molar-refractivity contribution >= 4 is 28.3 Å². The van der Waals surface area contributed by atoms with E-state index in [0.29, 0.717) is 11.5 Å². The molecule has 1 aromatic heterocycles. The number of thiophene rings is 1. The number of carbonyl (C=O) groups is 2. The normalized spacial score (nSPS) is 10.3. The van der Waals surface area contributed by atoms with Crippen molar-refractivity contribution in [3.63, 3.8) is 0 Å². The Bertz CT molecular complexity index is 945. The van der Waals surface area contributed by atoms with Crippen LogP contribution in [-0.4, -0.2) is 31.8 Å². The van der Waals surface area contributed by atoms with Crippen molar-refractivity contribution in [3.05, 3.63) is 39.8 Å². The molecule has 2 rings (SSSR count). The van der Waals surface area contributed by atoms with Gasteiger partial charge in [0.15, 0.2) is 11.5 Å².